The summed E-state index contributed by atoms with van der Waals surface area (Å²) in [5.74, 6) is -0.963. The minimum Gasteiger partial charge on any atom is -0.506 e. The SMILES string of the molecule is COc1ccc2ncn(-c3sc(C(=O)O)c(O)c3C)c2n1. The summed E-state index contributed by atoms with van der Waals surface area (Å²) in [7, 11) is 1.51. The van der Waals surface area contributed by atoms with Crippen LogP contribution in [0, 0.1) is 6.92 Å². The van der Waals surface area contributed by atoms with Crippen LogP contribution in [0.1, 0.15) is 15.2 Å². The largest absolute Gasteiger partial charge is 0.506 e. The van der Waals surface area contributed by atoms with Crippen LogP contribution in [0.3, 0.4) is 0 Å². The number of hydrogen-bond donors (Lipinski definition) is 2. The molecule has 0 aromatic carbocycles. The van der Waals surface area contributed by atoms with Gasteiger partial charge < -0.3 is 14.9 Å². The number of carboxylic acid groups (broad SMARTS) is 1. The molecule has 3 rings (SSSR count). The highest BCUT2D eigenvalue weighted by Gasteiger charge is 2.22. The summed E-state index contributed by atoms with van der Waals surface area (Å²) in [5.41, 5.74) is 1.66. The van der Waals surface area contributed by atoms with Crippen molar-refractivity contribution in [3.05, 3.63) is 28.9 Å². The number of rotatable bonds is 3. The lowest BCUT2D eigenvalue weighted by atomic mass is 10.3. The predicted octanol–water partition coefficient (Wildman–Crippen LogP) is 2.20. The minimum absolute atomic E-state index is 0.104. The molecule has 7 nitrogen and oxygen atoms in total. The fraction of sp³-hybridized carbons (Fsp3) is 0.154. The number of methoxy groups -OCH3 is 1. The van der Waals surface area contributed by atoms with Gasteiger partial charge in [0, 0.05) is 11.6 Å². The first-order valence-corrected chi connectivity index (χ1v) is 6.78. The number of ether oxygens (including phenoxy) is 1. The number of nitrogens with zero attached hydrogens (tertiary/aromatic N) is 3. The number of fused-ring (bicyclic) bond motifs is 1. The number of aromatic hydroxyl groups is 1. The average molecular weight is 305 g/mol. The third kappa shape index (κ3) is 2.00. The molecule has 0 saturated carbocycles. The van der Waals surface area contributed by atoms with Gasteiger partial charge in [0.2, 0.25) is 5.88 Å². The van der Waals surface area contributed by atoms with E-state index < -0.39 is 5.97 Å². The van der Waals surface area contributed by atoms with E-state index in [0.717, 1.165) is 11.3 Å². The van der Waals surface area contributed by atoms with Crippen LogP contribution < -0.4 is 4.74 Å². The Morgan fingerprint density at radius 1 is 1.43 bits per heavy atom. The van der Waals surface area contributed by atoms with Crippen LogP contribution in [0.25, 0.3) is 16.2 Å². The van der Waals surface area contributed by atoms with E-state index in [1.807, 2.05) is 0 Å². The Morgan fingerprint density at radius 3 is 2.81 bits per heavy atom. The summed E-state index contributed by atoms with van der Waals surface area (Å²) in [4.78, 5) is 19.5. The molecule has 0 aliphatic heterocycles. The maximum atomic E-state index is 11.1. The van der Waals surface area contributed by atoms with Crippen LogP contribution >= 0.6 is 11.3 Å². The van der Waals surface area contributed by atoms with Crippen molar-refractivity contribution in [1.29, 1.82) is 0 Å². The maximum Gasteiger partial charge on any atom is 0.349 e. The van der Waals surface area contributed by atoms with Crippen molar-refractivity contribution in [3.63, 3.8) is 0 Å². The number of carboxylic acids is 1. The molecule has 3 aromatic rings. The first-order chi connectivity index (χ1) is 10.0. The van der Waals surface area contributed by atoms with Crippen molar-refractivity contribution in [2.45, 2.75) is 6.92 Å². The zero-order chi connectivity index (χ0) is 15.1. The number of aromatic carboxylic acids is 1. The van der Waals surface area contributed by atoms with Gasteiger partial charge in [-0.2, -0.15) is 4.98 Å². The molecule has 8 heteroatoms. The molecule has 0 atom stereocenters. The second kappa shape index (κ2) is 4.74. The van der Waals surface area contributed by atoms with Crippen molar-refractivity contribution in [2.75, 3.05) is 7.11 Å². The molecule has 0 unspecified atom stereocenters. The normalized spacial score (nSPS) is 11.0. The lowest BCUT2D eigenvalue weighted by Gasteiger charge is -2.03. The van der Waals surface area contributed by atoms with Crippen molar-refractivity contribution < 1.29 is 19.7 Å². The number of imidazole rings is 1. The summed E-state index contributed by atoms with van der Waals surface area (Å²) in [6.07, 6.45) is 1.54. The molecule has 0 spiro atoms. The van der Waals surface area contributed by atoms with Gasteiger partial charge in [-0.3, -0.25) is 4.57 Å². The van der Waals surface area contributed by atoms with E-state index in [4.69, 9.17) is 9.84 Å². The third-order valence-electron chi connectivity index (χ3n) is 3.08. The van der Waals surface area contributed by atoms with Crippen LogP contribution in [0.2, 0.25) is 0 Å². The predicted molar refractivity (Wildman–Crippen MR) is 76.7 cm³/mol. The Labute approximate surface area is 123 Å². The van der Waals surface area contributed by atoms with E-state index in [-0.39, 0.29) is 10.6 Å². The highest BCUT2D eigenvalue weighted by Crippen LogP contribution is 2.37. The number of pyridine rings is 1. The summed E-state index contributed by atoms with van der Waals surface area (Å²) in [6.45, 7) is 1.65. The van der Waals surface area contributed by atoms with Crippen LogP contribution in [0.5, 0.6) is 11.6 Å². The molecule has 0 aliphatic carbocycles. The Bertz CT molecular complexity index is 853. The Hall–Kier alpha value is -2.61. The van der Waals surface area contributed by atoms with Crippen molar-refractivity contribution >= 4 is 28.5 Å². The summed E-state index contributed by atoms with van der Waals surface area (Å²) >= 11 is 0.973. The minimum atomic E-state index is -1.16. The van der Waals surface area contributed by atoms with E-state index >= 15 is 0 Å². The molecule has 3 heterocycles. The van der Waals surface area contributed by atoms with Crippen molar-refractivity contribution in [3.8, 4) is 16.6 Å². The standard InChI is InChI=1S/C13H11N3O4S/c1-6-9(17)10(13(18)19)21-12(6)16-5-14-7-3-4-8(20-2)15-11(7)16/h3-5,17H,1-2H3,(H,18,19). The van der Waals surface area contributed by atoms with Crippen molar-refractivity contribution in [2.24, 2.45) is 0 Å². The zero-order valence-corrected chi connectivity index (χ0v) is 12.0. The van der Waals surface area contributed by atoms with E-state index in [0.29, 0.717) is 27.6 Å². The monoisotopic (exact) mass is 305 g/mol. The molecular weight excluding hydrogens is 294 g/mol. The fourth-order valence-corrected chi connectivity index (χ4v) is 3.02. The lowest BCUT2D eigenvalue weighted by Crippen LogP contribution is -1.94. The number of aromatic nitrogens is 3. The van der Waals surface area contributed by atoms with Gasteiger partial charge in [-0.25, -0.2) is 9.78 Å². The molecule has 0 fully saturated rings. The number of carbonyl (C=O) groups is 1. The van der Waals surface area contributed by atoms with Crippen LogP contribution in [0.15, 0.2) is 18.5 Å². The molecule has 0 amide bonds. The van der Waals surface area contributed by atoms with Crippen LogP contribution in [0.4, 0.5) is 0 Å². The fourth-order valence-electron chi connectivity index (χ4n) is 2.01. The van der Waals surface area contributed by atoms with E-state index in [2.05, 4.69) is 9.97 Å². The molecule has 21 heavy (non-hydrogen) atoms. The van der Waals surface area contributed by atoms with Gasteiger partial charge in [0.05, 0.1) is 7.11 Å². The zero-order valence-electron chi connectivity index (χ0n) is 11.2. The molecule has 0 aliphatic rings. The van der Waals surface area contributed by atoms with Crippen LogP contribution in [-0.4, -0.2) is 37.8 Å². The Kier molecular flexibility index (Phi) is 3.02. The molecule has 0 bridgehead atoms. The number of thiophene rings is 1. The van der Waals surface area contributed by atoms with E-state index in [1.165, 1.54) is 7.11 Å². The smallest absolute Gasteiger partial charge is 0.349 e. The quantitative estimate of drug-likeness (QED) is 0.770. The van der Waals surface area contributed by atoms with Gasteiger partial charge in [0.25, 0.3) is 0 Å². The second-order valence-electron chi connectivity index (χ2n) is 4.33. The molecule has 2 N–H and O–H groups in total. The van der Waals surface area contributed by atoms with Gasteiger partial charge >= 0.3 is 5.97 Å². The summed E-state index contributed by atoms with van der Waals surface area (Å²) in [5, 5.41) is 19.6. The molecule has 3 aromatic heterocycles. The van der Waals surface area contributed by atoms with Gasteiger partial charge in [0.15, 0.2) is 10.5 Å². The average Bonchev–Trinajstić information content (AvgIpc) is 3.01. The Morgan fingerprint density at radius 2 is 2.19 bits per heavy atom. The van der Waals surface area contributed by atoms with E-state index in [9.17, 15) is 9.90 Å². The lowest BCUT2D eigenvalue weighted by molar-refractivity contribution is 0.0699. The molecular formula is C13H11N3O4S. The van der Waals surface area contributed by atoms with E-state index in [1.54, 1.807) is 30.0 Å². The molecule has 0 saturated heterocycles. The van der Waals surface area contributed by atoms with Gasteiger partial charge in [-0.05, 0) is 13.0 Å². The van der Waals surface area contributed by atoms with Gasteiger partial charge in [-0.15, -0.1) is 11.3 Å². The summed E-state index contributed by atoms with van der Waals surface area (Å²) in [6, 6.07) is 3.46. The molecule has 0 radical (unpaired) electrons. The van der Waals surface area contributed by atoms with Crippen LogP contribution in [-0.2, 0) is 0 Å². The Balaban J connectivity index is 2.25. The van der Waals surface area contributed by atoms with Gasteiger partial charge in [0.1, 0.15) is 22.6 Å². The third-order valence-corrected chi connectivity index (χ3v) is 4.35. The number of hydrogen-bond acceptors (Lipinski definition) is 6. The first kappa shape index (κ1) is 13.4. The maximum absolute atomic E-state index is 11.1. The summed E-state index contributed by atoms with van der Waals surface area (Å²) < 4.78 is 6.73. The topological polar surface area (TPSA) is 97.5 Å². The molecule has 108 valence electrons. The second-order valence-corrected chi connectivity index (χ2v) is 5.33. The highest BCUT2D eigenvalue weighted by molar-refractivity contribution is 7.17. The first-order valence-electron chi connectivity index (χ1n) is 5.97. The highest BCUT2D eigenvalue weighted by atomic mass is 32.1. The van der Waals surface area contributed by atoms with Crippen molar-refractivity contribution in [1.82, 2.24) is 14.5 Å². The van der Waals surface area contributed by atoms with Gasteiger partial charge in [-0.1, -0.05) is 0 Å².